The quantitative estimate of drug-likeness (QED) is 0.591. The highest BCUT2D eigenvalue weighted by molar-refractivity contribution is 7.92. The van der Waals surface area contributed by atoms with Crippen molar-refractivity contribution in [1.29, 1.82) is 0 Å². The fourth-order valence-corrected chi connectivity index (χ4v) is 5.37. The maximum Gasteiger partial charge on any atom is 0.244 e. The highest BCUT2D eigenvalue weighted by Crippen LogP contribution is 2.25. The summed E-state index contributed by atoms with van der Waals surface area (Å²) in [7, 11) is -2.13. The van der Waals surface area contributed by atoms with Gasteiger partial charge in [-0.1, -0.05) is 31.2 Å². The van der Waals surface area contributed by atoms with E-state index in [0.717, 1.165) is 31.5 Å². The van der Waals surface area contributed by atoms with E-state index in [2.05, 4.69) is 16.3 Å². The Morgan fingerprint density at radius 3 is 2.28 bits per heavy atom. The van der Waals surface area contributed by atoms with Crippen molar-refractivity contribution in [2.75, 3.05) is 30.8 Å². The second-order valence-electron chi connectivity index (χ2n) is 8.15. The molecule has 1 aliphatic heterocycles. The van der Waals surface area contributed by atoms with Gasteiger partial charge in [0.05, 0.1) is 19.1 Å². The third kappa shape index (κ3) is 6.01. The molecule has 32 heavy (non-hydrogen) atoms. The van der Waals surface area contributed by atoms with Crippen LogP contribution in [-0.2, 0) is 27.9 Å². The van der Waals surface area contributed by atoms with Gasteiger partial charge in [0.15, 0.2) is 0 Å². The first-order chi connectivity index (χ1) is 15.3. The molecule has 0 aromatic heterocycles. The van der Waals surface area contributed by atoms with Gasteiger partial charge in [0, 0.05) is 13.1 Å². The van der Waals surface area contributed by atoms with Gasteiger partial charge in [-0.05, 0) is 67.7 Å². The summed E-state index contributed by atoms with van der Waals surface area (Å²) in [5.74, 6) is 0.305. The largest absolute Gasteiger partial charge is 0.497 e. The predicted octanol–water partition coefficient (Wildman–Crippen LogP) is 3.15. The van der Waals surface area contributed by atoms with Gasteiger partial charge in [0.1, 0.15) is 11.8 Å². The van der Waals surface area contributed by atoms with Crippen LogP contribution in [0.25, 0.3) is 0 Å². The molecule has 0 unspecified atom stereocenters. The minimum atomic E-state index is -3.68. The van der Waals surface area contributed by atoms with Crippen molar-refractivity contribution in [3.8, 4) is 5.75 Å². The van der Waals surface area contributed by atoms with Crippen LogP contribution in [0.2, 0.25) is 0 Å². The first kappa shape index (κ1) is 24.1. The molecule has 7 nitrogen and oxygen atoms in total. The first-order valence-electron chi connectivity index (χ1n) is 11.0. The summed E-state index contributed by atoms with van der Waals surface area (Å²) < 4.78 is 31.6. The summed E-state index contributed by atoms with van der Waals surface area (Å²) in [4.78, 5) is 15.6. The lowest BCUT2D eigenvalue weighted by atomic mass is 10.1. The smallest absolute Gasteiger partial charge is 0.244 e. The number of hydrogen-bond acceptors (Lipinski definition) is 5. The monoisotopic (exact) mass is 459 g/mol. The Kier molecular flexibility index (Phi) is 8.15. The van der Waals surface area contributed by atoms with E-state index in [4.69, 9.17) is 4.74 Å². The standard InChI is InChI=1S/C24H33N3O4S/c1-4-23(27(32(3,29)30)21-11-13-22(31-2)14-12-21)24(28)25-17-19-9-5-6-10-20(19)18-26-15-7-8-16-26/h5-6,9-14,23H,4,7-8,15-18H2,1-3H3,(H,25,28)/t23-/m0/s1. The Labute approximate surface area is 191 Å². The Hall–Kier alpha value is -2.58. The molecule has 174 valence electrons. The van der Waals surface area contributed by atoms with Crippen LogP contribution >= 0.6 is 0 Å². The second-order valence-corrected chi connectivity index (χ2v) is 10.0. The molecular formula is C24H33N3O4S. The number of carbonyl (C=O) groups excluding carboxylic acids is 1. The van der Waals surface area contributed by atoms with Crippen LogP contribution in [-0.4, -0.2) is 51.7 Å². The van der Waals surface area contributed by atoms with Crippen LogP contribution in [0, 0.1) is 0 Å². The molecule has 1 amide bonds. The average molecular weight is 460 g/mol. The van der Waals surface area contributed by atoms with Gasteiger partial charge in [-0.15, -0.1) is 0 Å². The van der Waals surface area contributed by atoms with Crippen LogP contribution in [0.4, 0.5) is 5.69 Å². The van der Waals surface area contributed by atoms with Crippen LogP contribution in [0.5, 0.6) is 5.75 Å². The highest BCUT2D eigenvalue weighted by Gasteiger charge is 2.31. The van der Waals surface area contributed by atoms with Crippen molar-refractivity contribution in [3.05, 3.63) is 59.7 Å². The first-order valence-corrected chi connectivity index (χ1v) is 12.9. The van der Waals surface area contributed by atoms with Gasteiger partial charge >= 0.3 is 0 Å². The number of benzene rings is 2. The molecule has 3 rings (SSSR count). The lowest BCUT2D eigenvalue weighted by molar-refractivity contribution is -0.122. The highest BCUT2D eigenvalue weighted by atomic mass is 32.2. The fourth-order valence-electron chi connectivity index (χ4n) is 4.16. The normalized spacial score (nSPS) is 15.3. The number of methoxy groups -OCH3 is 1. The minimum absolute atomic E-state index is 0.315. The molecular weight excluding hydrogens is 426 g/mol. The number of anilines is 1. The van der Waals surface area contributed by atoms with Crippen molar-refractivity contribution in [2.45, 2.75) is 45.3 Å². The summed E-state index contributed by atoms with van der Waals surface area (Å²) in [6.45, 7) is 5.24. The number of amides is 1. The number of hydrogen-bond donors (Lipinski definition) is 1. The SMILES string of the molecule is CC[C@@H](C(=O)NCc1ccccc1CN1CCCC1)N(c1ccc(OC)cc1)S(C)(=O)=O. The van der Waals surface area contributed by atoms with E-state index >= 15 is 0 Å². The number of ether oxygens (including phenoxy) is 1. The Bertz CT molecular complexity index is 1000. The van der Waals surface area contributed by atoms with E-state index < -0.39 is 16.1 Å². The molecule has 0 saturated carbocycles. The maximum absolute atomic E-state index is 13.1. The van der Waals surface area contributed by atoms with Crippen LogP contribution < -0.4 is 14.4 Å². The molecule has 0 radical (unpaired) electrons. The number of rotatable bonds is 10. The third-order valence-electron chi connectivity index (χ3n) is 5.82. The zero-order chi connectivity index (χ0) is 23.1. The average Bonchev–Trinajstić information content (AvgIpc) is 3.29. The molecule has 0 spiro atoms. The fraction of sp³-hybridized carbons (Fsp3) is 0.458. The molecule has 2 aromatic rings. The van der Waals surface area contributed by atoms with E-state index in [-0.39, 0.29) is 5.91 Å². The number of nitrogens with one attached hydrogen (secondary N) is 1. The Balaban J connectivity index is 1.75. The molecule has 1 fully saturated rings. The molecule has 2 aromatic carbocycles. The van der Waals surface area contributed by atoms with Crippen molar-refractivity contribution in [3.63, 3.8) is 0 Å². The number of nitrogens with zero attached hydrogens (tertiary/aromatic N) is 2. The van der Waals surface area contributed by atoms with E-state index in [1.54, 1.807) is 31.4 Å². The van der Waals surface area contributed by atoms with E-state index in [1.165, 1.54) is 22.7 Å². The molecule has 0 bridgehead atoms. The van der Waals surface area contributed by atoms with Crippen molar-refractivity contribution >= 4 is 21.6 Å². The van der Waals surface area contributed by atoms with Gasteiger partial charge in [-0.25, -0.2) is 8.42 Å². The van der Waals surface area contributed by atoms with E-state index in [9.17, 15) is 13.2 Å². The third-order valence-corrected chi connectivity index (χ3v) is 7.00. The molecule has 8 heteroatoms. The molecule has 1 saturated heterocycles. The summed E-state index contributed by atoms with van der Waals surface area (Å²) in [6, 6.07) is 13.9. The number of sulfonamides is 1. The van der Waals surface area contributed by atoms with Crippen LogP contribution in [0.3, 0.4) is 0 Å². The van der Waals surface area contributed by atoms with Gasteiger partial charge in [0.2, 0.25) is 15.9 Å². The van der Waals surface area contributed by atoms with Gasteiger partial charge in [0.25, 0.3) is 0 Å². The molecule has 1 heterocycles. The zero-order valence-electron chi connectivity index (χ0n) is 19.1. The predicted molar refractivity (Wildman–Crippen MR) is 127 cm³/mol. The molecule has 0 aliphatic carbocycles. The molecule has 1 N–H and O–H groups in total. The summed E-state index contributed by atoms with van der Waals surface area (Å²) in [5.41, 5.74) is 2.68. The molecule has 1 atom stereocenters. The molecule has 1 aliphatic rings. The van der Waals surface area contributed by atoms with Crippen molar-refractivity contribution in [2.24, 2.45) is 0 Å². The Morgan fingerprint density at radius 1 is 1.09 bits per heavy atom. The van der Waals surface area contributed by atoms with Crippen LogP contribution in [0.1, 0.15) is 37.3 Å². The van der Waals surface area contributed by atoms with E-state index in [1.807, 2.05) is 25.1 Å². The maximum atomic E-state index is 13.1. The van der Waals surface area contributed by atoms with Crippen molar-refractivity contribution in [1.82, 2.24) is 10.2 Å². The lowest BCUT2D eigenvalue weighted by Crippen LogP contribution is -2.49. The van der Waals surface area contributed by atoms with Gasteiger partial charge < -0.3 is 10.1 Å². The lowest BCUT2D eigenvalue weighted by Gasteiger charge is -2.30. The number of likely N-dealkylation sites (tertiary alicyclic amines) is 1. The zero-order valence-corrected chi connectivity index (χ0v) is 19.9. The Morgan fingerprint density at radius 2 is 1.72 bits per heavy atom. The topological polar surface area (TPSA) is 79.0 Å². The summed E-state index contributed by atoms with van der Waals surface area (Å²) in [6.07, 6.45) is 3.92. The van der Waals surface area contributed by atoms with Crippen molar-refractivity contribution < 1.29 is 17.9 Å². The van der Waals surface area contributed by atoms with Gasteiger partial charge in [-0.2, -0.15) is 0 Å². The van der Waals surface area contributed by atoms with Crippen LogP contribution in [0.15, 0.2) is 48.5 Å². The summed E-state index contributed by atoms with van der Waals surface area (Å²) >= 11 is 0. The summed E-state index contributed by atoms with van der Waals surface area (Å²) in [5, 5.41) is 2.97. The van der Waals surface area contributed by atoms with E-state index in [0.29, 0.717) is 24.4 Å². The number of carbonyl (C=O) groups is 1. The second kappa shape index (κ2) is 10.8. The minimum Gasteiger partial charge on any atom is -0.497 e. The van der Waals surface area contributed by atoms with Gasteiger partial charge in [-0.3, -0.25) is 14.0 Å².